The minimum absolute atomic E-state index is 0.0118. The first kappa shape index (κ1) is 18.4. The van der Waals surface area contributed by atoms with Crippen molar-refractivity contribution in [2.75, 3.05) is 0 Å². The Hall–Kier alpha value is -2.44. The van der Waals surface area contributed by atoms with Crippen molar-refractivity contribution >= 4 is 29.1 Å². The van der Waals surface area contributed by atoms with E-state index in [-0.39, 0.29) is 28.5 Å². The van der Waals surface area contributed by atoms with Crippen LogP contribution < -0.4 is 4.74 Å². The van der Waals surface area contributed by atoms with E-state index in [1.54, 1.807) is 26.0 Å². The lowest BCUT2D eigenvalue weighted by atomic mass is 10.2. The van der Waals surface area contributed by atoms with E-state index in [0.29, 0.717) is 10.6 Å². The Morgan fingerprint density at radius 1 is 1.19 bits per heavy atom. The number of nitrogens with zero attached hydrogens (tertiary/aromatic N) is 3. The lowest BCUT2D eigenvalue weighted by molar-refractivity contribution is 0.0943. The van der Waals surface area contributed by atoms with Crippen molar-refractivity contribution in [1.82, 2.24) is 14.8 Å². The van der Waals surface area contributed by atoms with E-state index in [2.05, 4.69) is 10.1 Å². The molecule has 8 heteroatoms. The molecular weight excluding hydrogens is 380 g/mol. The summed E-state index contributed by atoms with van der Waals surface area (Å²) in [6.07, 6.45) is -0.194. The van der Waals surface area contributed by atoms with Gasteiger partial charge in [-0.15, -0.1) is 5.10 Å². The van der Waals surface area contributed by atoms with Gasteiger partial charge in [-0.1, -0.05) is 35.3 Å². The molecule has 5 nitrogen and oxygen atoms in total. The van der Waals surface area contributed by atoms with Gasteiger partial charge in [0.1, 0.15) is 5.82 Å². The molecule has 0 N–H and O–H groups in total. The highest BCUT2D eigenvalue weighted by Crippen LogP contribution is 2.26. The molecule has 2 aromatic carbocycles. The van der Waals surface area contributed by atoms with E-state index >= 15 is 0 Å². The fourth-order valence-corrected chi connectivity index (χ4v) is 2.78. The van der Waals surface area contributed by atoms with Crippen LogP contribution in [0.2, 0.25) is 10.0 Å². The van der Waals surface area contributed by atoms with Crippen LogP contribution in [0.25, 0.3) is 11.4 Å². The molecule has 0 radical (unpaired) electrons. The second kappa shape index (κ2) is 7.43. The van der Waals surface area contributed by atoms with E-state index in [1.165, 1.54) is 30.3 Å². The van der Waals surface area contributed by atoms with E-state index in [0.717, 1.165) is 4.68 Å². The Balaban J connectivity index is 2.12. The summed E-state index contributed by atoms with van der Waals surface area (Å²) in [5.41, 5.74) is 0.573. The average molecular weight is 394 g/mol. The lowest BCUT2D eigenvalue weighted by Gasteiger charge is -2.07. The molecule has 0 saturated heterocycles. The molecule has 0 unspecified atom stereocenters. The summed E-state index contributed by atoms with van der Waals surface area (Å²) in [7, 11) is 0. The van der Waals surface area contributed by atoms with Crippen LogP contribution in [0.15, 0.2) is 42.5 Å². The van der Waals surface area contributed by atoms with Crippen molar-refractivity contribution in [3.63, 3.8) is 0 Å². The maximum Gasteiger partial charge on any atom is 0.336 e. The zero-order chi connectivity index (χ0) is 18.8. The molecule has 3 rings (SSSR count). The Kier molecular flexibility index (Phi) is 5.25. The number of rotatable bonds is 4. The minimum atomic E-state index is -0.531. The normalized spacial score (nSPS) is 11.0. The fourth-order valence-electron chi connectivity index (χ4n) is 2.29. The quantitative estimate of drug-likeness (QED) is 0.634. The molecule has 0 saturated carbocycles. The molecule has 0 spiro atoms. The van der Waals surface area contributed by atoms with Crippen LogP contribution in [0.5, 0.6) is 6.01 Å². The van der Waals surface area contributed by atoms with E-state index in [9.17, 15) is 9.18 Å². The van der Waals surface area contributed by atoms with Crippen LogP contribution in [-0.4, -0.2) is 26.8 Å². The van der Waals surface area contributed by atoms with Crippen molar-refractivity contribution in [2.45, 2.75) is 20.0 Å². The molecule has 1 heterocycles. The third kappa shape index (κ3) is 3.86. The van der Waals surface area contributed by atoms with Crippen LogP contribution in [-0.2, 0) is 0 Å². The maximum absolute atomic E-state index is 13.6. The summed E-state index contributed by atoms with van der Waals surface area (Å²) in [4.78, 5) is 17.2. The lowest BCUT2D eigenvalue weighted by Crippen LogP contribution is -2.16. The number of ether oxygens (including phenoxy) is 1. The highest BCUT2D eigenvalue weighted by Gasteiger charge is 2.22. The van der Waals surface area contributed by atoms with Crippen molar-refractivity contribution in [3.05, 3.63) is 63.9 Å². The number of hydrogen-bond donors (Lipinski definition) is 0. The summed E-state index contributed by atoms with van der Waals surface area (Å²) in [5.74, 6) is -0.839. The SMILES string of the molecule is CC(C)Oc1nc(-c2cccc(F)c2)n(C(=O)c2ccc(Cl)cc2Cl)n1. The monoisotopic (exact) mass is 393 g/mol. The van der Waals surface area contributed by atoms with Gasteiger partial charge in [-0.05, 0) is 44.2 Å². The first-order valence-corrected chi connectivity index (χ1v) is 8.50. The largest absolute Gasteiger partial charge is 0.460 e. The number of benzene rings is 2. The summed E-state index contributed by atoms with van der Waals surface area (Å²) in [5, 5.41) is 4.69. The third-order valence-corrected chi connectivity index (χ3v) is 3.91. The third-order valence-electron chi connectivity index (χ3n) is 3.37. The molecule has 0 aliphatic heterocycles. The number of hydrogen-bond acceptors (Lipinski definition) is 4. The van der Waals surface area contributed by atoms with E-state index < -0.39 is 11.7 Å². The highest BCUT2D eigenvalue weighted by molar-refractivity contribution is 6.36. The molecule has 0 atom stereocenters. The summed E-state index contributed by atoms with van der Waals surface area (Å²) >= 11 is 12.0. The van der Waals surface area contributed by atoms with Gasteiger partial charge in [-0.25, -0.2) is 4.39 Å². The van der Waals surface area contributed by atoms with Gasteiger partial charge in [-0.3, -0.25) is 4.79 Å². The maximum atomic E-state index is 13.6. The second-order valence-corrected chi connectivity index (χ2v) is 6.58. The van der Waals surface area contributed by atoms with Gasteiger partial charge < -0.3 is 4.74 Å². The number of carbonyl (C=O) groups excluding carboxylic acids is 1. The van der Waals surface area contributed by atoms with Crippen molar-refractivity contribution in [2.24, 2.45) is 0 Å². The predicted molar refractivity (Wildman–Crippen MR) is 97.4 cm³/mol. The zero-order valence-corrected chi connectivity index (χ0v) is 15.4. The van der Waals surface area contributed by atoms with Crippen LogP contribution in [0, 0.1) is 5.82 Å². The van der Waals surface area contributed by atoms with E-state index in [4.69, 9.17) is 27.9 Å². The first-order chi connectivity index (χ1) is 12.3. The number of carbonyl (C=O) groups is 1. The Bertz CT molecular complexity index is 973. The number of halogens is 3. The highest BCUT2D eigenvalue weighted by atomic mass is 35.5. The summed E-state index contributed by atoms with van der Waals surface area (Å²) < 4.78 is 20.1. The fraction of sp³-hybridized carbons (Fsp3) is 0.167. The van der Waals surface area contributed by atoms with Crippen molar-refractivity contribution < 1.29 is 13.9 Å². The second-order valence-electron chi connectivity index (χ2n) is 5.74. The first-order valence-electron chi connectivity index (χ1n) is 7.74. The van der Waals surface area contributed by atoms with Crippen LogP contribution in [0.1, 0.15) is 24.2 Å². The smallest absolute Gasteiger partial charge is 0.336 e. The number of aromatic nitrogens is 3. The molecule has 1 aromatic heterocycles. The molecular formula is C18H14Cl2FN3O2. The molecule has 0 bridgehead atoms. The van der Waals surface area contributed by atoms with Gasteiger partial charge in [0.05, 0.1) is 16.7 Å². The Morgan fingerprint density at radius 3 is 2.62 bits per heavy atom. The minimum Gasteiger partial charge on any atom is -0.460 e. The molecule has 26 heavy (non-hydrogen) atoms. The van der Waals surface area contributed by atoms with Gasteiger partial charge in [0.15, 0.2) is 5.82 Å². The molecule has 3 aromatic rings. The molecule has 0 amide bonds. The van der Waals surface area contributed by atoms with Crippen LogP contribution in [0.3, 0.4) is 0 Å². The standard InChI is InChI=1S/C18H14Cl2FN3O2/c1-10(2)26-18-22-16(11-4-3-5-13(21)8-11)24(23-18)17(25)14-7-6-12(19)9-15(14)20/h3-10H,1-2H3. The van der Waals surface area contributed by atoms with Crippen molar-refractivity contribution in [1.29, 1.82) is 0 Å². The molecule has 0 aliphatic carbocycles. The Labute approximate surface area is 159 Å². The van der Waals surface area contributed by atoms with Gasteiger partial charge in [0.2, 0.25) is 0 Å². The van der Waals surface area contributed by atoms with Crippen LogP contribution >= 0.6 is 23.2 Å². The summed E-state index contributed by atoms with van der Waals surface area (Å²) in [6, 6.07) is 10.2. The van der Waals surface area contributed by atoms with Gasteiger partial charge in [0, 0.05) is 10.6 Å². The topological polar surface area (TPSA) is 57.0 Å². The molecule has 0 fully saturated rings. The molecule has 0 aliphatic rings. The average Bonchev–Trinajstić information content (AvgIpc) is 2.97. The zero-order valence-electron chi connectivity index (χ0n) is 13.9. The predicted octanol–water partition coefficient (Wildman–Crippen LogP) is 4.87. The van der Waals surface area contributed by atoms with E-state index in [1.807, 2.05) is 0 Å². The summed E-state index contributed by atoms with van der Waals surface area (Å²) in [6.45, 7) is 3.61. The van der Waals surface area contributed by atoms with Gasteiger partial charge >= 0.3 is 6.01 Å². The van der Waals surface area contributed by atoms with Crippen molar-refractivity contribution in [3.8, 4) is 17.4 Å². The Morgan fingerprint density at radius 2 is 1.96 bits per heavy atom. The van der Waals surface area contributed by atoms with Crippen LogP contribution in [0.4, 0.5) is 4.39 Å². The van der Waals surface area contributed by atoms with Gasteiger partial charge in [0.25, 0.3) is 5.91 Å². The van der Waals surface area contributed by atoms with Gasteiger partial charge in [-0.2, -0.15) is 9.67 Å². The molecule has 134 valence electrons.